The first-order chi connectivity index (χ1) is 6.56. The van der Waals surface area contributed by atoms with Gasteiger partial charge in [0, 0.05) is 0 Å². The molecule has 1 heterocycles. The van der Waals surface area contributed by atoms with Gasteiger partial charge in [-0.25, -0.2) is 4.98 Å². The van der Waals surface area contributed by atoms with Gasteiger partial charge < -0.3 is 15.9 Å². The van der Waals surface area contributed by atoms with Crippen LogP contribution in [0, 0.1) is 0 Å². The van der Waals surface area contributed by atoms with Gasteiger partial charge in [0.1, 0.15) is 6.10 Å². The number of halogens is 2. The van der Waals surface area contributed by atoms with E-state index < -0.39 is 12.2 Å². The fourth-order valence-corrected chi connectivity index (χ4v) is 1.23. The number of aliphatic hydroxyl groups excluding tert-OH is 2. The molecule has 0 radical (unpaired) electrons. The van der Waals surface area contributed by atoms with Crippen molar-refractivity contribution in [2.75, 3.05) is 11.6 Å². The van der Waals surface area contributed by atoms with E-state index in [-0.39, 0.29) is 16.7 Å². The van der Waals surface area contributed by atoms with Crippen LogP contribution in [0.4, 0.5) is 5.69 Å². The number of hydrogen-bond acceptors (Lipinski definition) is 4. The van der Waals surface area contributed by atoms with Crippen LogP contribution in [0.25, 0.3) is 0 Å². The van der Waals surface area contributed by atoms with Crippen molar-refractivity contribution in [3.8, 4) is 0 Å². The molecule has 14 heavy (non-hydrogen) atoms. The van der Waals surface area contributed by atoms with E-state index in [2.05, 4.69) is 4.98 Å². The Kier molecular flexibility index (Phi) is 3.95. The number of anilines is 1. The summed E-state index contributed by atoms with van der Waals surface area (Å²) in [6.07, 6.45) is -2.21. The summed E-state index contributed by atoms with van der Waals surface area (Å²) in [6.45, 7) is 0. The Labute approximate surface area is 91.3 Å². The number of nitrogens with zero attached hydrogens (tertiary/aromatic N) is 1. The van der Waals surface area contributed by atoms with Gasteiger partial charge in [-0.1, -0.05) is 11.6 Å². The summed E-state index contributed by atoms with van der Waals surface area (Å²) in [5.74, 6) is -0.0785. The molecule has 4 N–H and O–H groups in total. The molecule has 0 aliphatic carbocycles. The zero-order valence-corrected chi connectivity index (χ0v) is 8.70. The molecule has 0 aromatic carbocycles. The Morgan fingerprint density at radius 1 is 1.43 bits per heavy atom. The molecule has 0 bridgehead atoms. The monoisotopic (exact) mass is 236 g/mol. The van der Waals surface area contributed by atoms with Crippen LogP contribution in [0.5, 0.6) is 0 Å². The van der Waals surface area contributed by atoms with Crippen LogP contribution in [-0.4, -0.2) is 27.2 Å². The lowest BCUT2D eigenvalue weighted by Gasteiger charge is -2.14. The largest absolute Gasteiger partial charge is 0.396 e. The van der Waals surface area contributed by atoms with Crippen LogP contribution in [0.15, 0.2) is 12.1 Å². The molecule has 6 heteroatoms. The summed E-state index contributed by atoms with van der Waals surface area (Å²) >= 11 is 11.0. The van der Waals surface area contributed by atoms with Crippen molar-refractivity contribution in [3.63, 3.8) is 0 Å². The van der Waals surface area contributed by atoms with E-state index in [9.17, 15) is 10.2 Å². The van der Waals surface area contributed by atoms with Gasteiger partial charge in [-0.2, -0.15) is 0 Å². The molecule has 0 aliphatic rings. The molecule has 0 saturated heterocycles. The standard InChI is InChI=1S/C8H10Cl2N2O2/c9-3-6(13)7(14)5-2-1-4(11)8(10)12-5/h1-2,6-7,13-14H,3,11H2. The average molecular weight is 237 g/mol. The van der Waals surface area contributed by atoms with Crippen molar-refractivity contribution in [2.24, 2.45) is 0 Å². The molecule has 2 unspecified atom stereocenters. The SMILES string of the molecule is Nc1ccc(C(O)C(O)CCl)nc1Cl. The lowest BCUT2D eigenvalue weighted by molar-refractivity contribution is 0.0300. The van der Waals surface area contributed by atoms with Crippen molar-refractivity contribution < 1.29 is 10.2 Å². The fraction of sp³-hybridized carbons (Fsp3) is 0.375. The molecular formula is C8H10Cl2N2O2. The maximum atomic E-state index is 9.51. The smallest absolute Gasteiger partial charge is 0.152 e. The van der Waals surface area contributed by atoms with E-state index >= 15 is 0 Å². The molecule has 0 saturated carbocycles. The van der Waals surface area contributed by atoms with E-state index in [1.165, 1.54) is 12.1 Å². The second-order valence-electron chi connectivity index (χ2n) is 2.78. The Morgan fingerprint density at radius 2 is 2.07 bits per heavy atom. The molecule has 4 nitrogen and oxygen atoms in total. The van der Waals surface area contributed by atoms with E-state index in [1.807, 2.05) is 0 Å². The van der Waals surface area contributed by atoms with Gasteiger partial charge in [-0.15, -0.1) is 11.6 Å². The van der Waals surface area contributed by atoms with Gasteiger partial charge >= 0.3 is 0 Å². The molecule has 78 valence electrons. The topological polar surface area (TPSA) is 79.4 Å². The second kappa shape index (κ2) is 4.79. The zero-order valence-electron chi connectivity index (χ0n) is 7.19. The first-order valence-electron chi connectivity index (χ1n) is 3.90. The summed E-state index contributed by atoms with van der Waals surface area (Å²) in [5.41, 5.74) is 6.00. The summed E-state index contributed by atoms with van der Waals surface area (Å²) in [7, 11) is 0. The highest BCUT2D eigenvalue weighted by Gasteiger charge is 2.19. The molecule has 1 aromatic heterocycles. The van der Waals surface area contributed by atoms with Gasteiger partial charge in [0.2, 0.25) is 0 Å². The number of rotatable bonds is 3. The maximum Gasteiger partial charge on any atom is 0.152 e. The zero-order chi connectivity index (χ0) is 10.7. The third-order valence-corrected chi connectivity index (χ3v) is 2.34. The Bertz CT molecular complexity index is 322. The molecule has 0 amide bonds. The fourth-order valence-electron chi connectivity index (χ4n) is 0.905. The first kappa shape index (κ1) is 11.5. The third-order valence-electron chi connectivity index (χ3n) is 1.72. The molecule has 0 fully saturated rings. The summed E-state index contributed by atoms with van der Waals surface area (Å²) in [4.78, 5) is 3.81. The maximum absolute atomic E-state index is 9.51. The van der Waals surface area contributed by atoms with E-state index in [4.69, 9.17) is 28.9 Å². The summed E-state index contributed by atoms with van der Waals surface area (Å²) in [5, 5.41) is 18.9. The van der Waals surface area contributed by atoms with Crippen molar-refractivity contribution in [1.82, 2.24) is 4.98 Å². The average Bonchev–Trinajstić information content (AvgIpc) is 2.20. The van der Waals surface area contributed by atoms with E-state index in [1.54, 1.807) is 0 Å². The number of alkyl halides is 1. The van der Waals surface area contributed by atoms with Gasteiger partial charge in [0.25, 0.3) is 0 Å². The van der Waals surface area contributed by atoms with Crippen LogP contribution >= 0.6 is 23.2 Å². The molecule has 1 rings (SSSR count). The second-order valence-corrected chi connectivity index (χ2v) is 3.45. The highest BCUT2D eigenvalue weighted by atomic mass is 35.5. The van der Waals surface area contributed by atoms with Gasteiger partial charge in [-0.05, 0) is 12.1 Å². The quantitative estimate of drug-likeness (QED) is 0.540. The van der Waals surface area contributed by atoms with Crippen LogP contribution < -0.4 is 5.73 Å². The number of hydrogen-bond donors (Lipinski definition) is 3. The highest BCUT2D eigenvalue weighted by Crippen LogP contribution is 2.21. The van der Waals surface area contributed by atoms with Crippen LogP contribution in [-0.2, 0) is 0 Å². The predicted molar refractivity (Wildman–Crippen MR) is 55.3 cm³/mol. The molecular weight excluding hydrogens is 227 g/mol. The number of nitrogens with two attached hydrogens (primary N) is 1. The Morgan fingerprint density at radius 3 is 2.57 bits per heavy atom. The van der Waals surface area contributed by atoms with Crippen LogP contribution in [0.1, 0.15) is 11.8 Å². The highest BCUT2D eigenvalue weighted by molar-refractivity contribution is 6.31. The van der Waals surface area contributed by atoms with Crippen molar-refractivity contribution in [2.45, 2.75) is 12.2 Å². The molecule has 0 aliphatic heterocycles. The molecule has 0 spiro atoms. The van der Waals surface area contributed by atoms with Crippen molar-refractivity contribution in [1.29, 1.82) is 0 Å². The van der Waals surface area contributed by atoms with Crippen LogP contribution in [0.2, 0.25) is 5.15 Å². The number of pyridine rings is 1. The Balaban J connectivity index is 2.91. The van der Waals surface area contributed by atoms with Crippen molar-refractivity contribution in [3.05, 3.63) is 23.0 Å². The van der Waals surface area contributed by atoms with Crippen molar-refractivity contribution >= 4 is 28.9 Å². The molecule has 1 aromatic rings. The summed E-state index contributed by atoms with van der Waals surface area (Å²) in [6, 6.07) is 3.00. The third kappa shape index (κ3) is 2.48. The van der Waals surface area contributed by atoms with Gasteiger partial charge in [-0.3, -0.25) is 0 Å². The van der Waals surface area contributed by atoms with E-state index in [0.717, 1.165) is 0 Å². The number of aromatic nitrogens is 1. The lowest BCUT2D eigenvalue weighted by atomic mass is 10.1. The van der Waals surface area contributed by atoms with Gasteiger partial charge in [0.05, 0.1) is 23.4 Å². The minimum absolute atomic E-state index is 0.0785. The normalized spacial score (nSPS) is 15.1. The predicted octanol–water partition coefficient (Wildman–Crippen LogP) is 0.950. The minimum atomic E-state index is -1.15. The first-order valence-corrected chi connectivity index (χ1v) is 4.81. The Hall–Kier alpha value is -0.550. The summed E-state index contributed by atoms with van der Waals surface area (Å²) < 4.78 is 0. The number of nitrogen functional groups attached to an aromatic ring is 1. The minimum Gasteiger partial charge on any atom is -0.396 e. The number of aliphatic hydroxyl groups is 2. The van der Waals surface area contributed by atoms with E-state index in [0.29, 0.717) is 5.69 Å². The molecule has 2 atom stereocenters. The lowest BCUT2D eigenvalue weighted by Crippen LogP contribution is -2.20. The van der Waals surface area contributed by atoms with Crippen LogP contribution in [0.3, 0.4) is 0 Å². The van der Waals surface area contributed by atoms with Gasteiger partial charge in [0.15, 0.2) is 5.15 Å².